The number of allylic oxidation sites excluding steroid dienone is 3. The fourth-order valence-corrected chi connectivity index (χ4v) is 7.82. The molecule has 0 bridgehead atoms. The van der Waals surface area contributed by atoms with E-state index in [-0.39, 0.29) is 0 Å². The third-order valence-corrected chi connectivity index (χ3v) is 8.78. The van der Waals surface area contributed by atoms with Crippen molar-refractivity contribution in [2.75, 3.05) is 0 Å². The van der Waals surface area contributed by atoms with Crippen LogP contribution in [0.5, 0.6) is 0 Å². The summed E-state index contributed by atoms with van der Waals surface area (Å²) >= 11 is 0. The summed E-state index contributed by atoms with van der Waals surface area (Å²) in [7, 11) is 0. The van der Waals surface area contributed by atoms with Crippen LogP contribution in [0.2, 0.25) is 0 Å². The third kappa shape index (κ3) is 2.22. The van der Waals surface area contributed by atoms with E-state index in [1.807, 2.05) is 0 Å². The zero-order chi connectivity index (χ0) is 16.9. The van der Waals surface area contributed by atoms with Gasteiger partial charge in [0.25, 0.3) is 0 Å². The van der Waals surface area contributed by atoms with Crippen LogP contribution in [0.15, 0.2) is 24.3 Å². The van der Waals surface area contributed by atoms with Crippen LogP contribution in [-0.4, -0.2) is 5.71 Å². The Bertz CT molecular complexity index is 558. The Hall–Kier alpha value is -0.850. The summed E-state index contributed by atoms with van der Waals surface area (Å²) < 4.78 is 0. The van der Waals surface area contributed by atoms with Crippen molar-refractivity contribution in [2.24, 2.45) is 40.9 Å². The molecule has 3 fully saturated rings. The minimum atomic E-state index is 0.639. The van der Waals surface area contributed by atoms with Crippen molar-refractivity contribution in [3.05, 3.63) is 24.3 Å². The molecule has 0 saturated heterocycles. The zero-order valence-electron chi connectivity index (χ0n) is 15.7. The second-order valence-corrected chi connectivity index (χ2v) is 9.15. The van der Waals surface area contributed by atoms with Gasteiger partial charge in [-0.3, -0.25) is 0 Å². The van der Waals surface area contributed by atoms with Gasteiger partial charge in [0.2, 0.25) is 0 Å². The van der Waals surface area contributed by atoms with Gasteiger partial charge in [0.1, 0.15) is 0 Å². The molecule has 4 aliphatic rings. The van der Waals surface area contributed by atoms with Gasteiger partial charge >= 0.3 is 0 Å². The molecular weight excluding hydrogens is 290 g/mol. The van der Waals surface area contributed by atoms with Gasteiger partial charge in [0.15, 0.2) is 0 Å². The van der Waals surface area contributed by atoms with E-state index in [2.05, 4.69) is 32.6 Å². The molecular formula is C23H35N. The molecule has 0 aromatic carbocycles. The van der Waals surface area contributed by atoms with E-state index in [0.29, 0.717) is 11.3 Å². The second-order valence-electron chi connectivity index (χ2n) is 9.15. The van der Waals surface area contributed by atoms with Gasteiger partial charge in [-0.05, 0) is 98.4 Å². The molecule has 1 nitrogen and oxygen atoms in total. The van der Waals surface area contributed by atoms with E-state index >= 15 is 0 Å². The molecule has 7 unspecified atom stereocenters. The van der Waals surface area contributed by atoms with Crippen LogP contribution < -0.4 is 0 Å². The van der Waals surface area contributed by atoms with Crippen molar-refractivity contribution >= 4 is 5.71 Å². The monoisotopic (exact) mass is 325 g/mol. The van der Waals surface area contributed by atoms with Gasteiger partial charge in [-0.15, -0.1) is 6.58 Å². The largest absolute Gasteiger partial charge is 0.305 e. The Kier molecular flexibility index (Phi) is 4.25. The normalized spacial score (nSPS) is 47.4. The molecule has 132 valence electrons. The van der Waals surface area contributed by atoms with E-state index < -0.39 is 0 Å². The summed E-state index contributed by atoms with van der Waals surface area (Å²) in [5.41, 5.74) is 3.11. The molecule has 7 atom stereocenters. The Balaban J connectivity index is 1.71. The Morgan fingerprint density at radius 2 is 2.08 bits per heavy atom. The maximum Gasteiger partial charge on any atom is 0.0313 e. The molecule has 3 saturated carbocycles. The number of nitrogens with one attached hydrogen (secondary N) is 1. The van der Waals surface area contributed by atoms with Gasteiger partial charge in [-0.1, -0.05) is 31.9 Å². The molecule has 0 radical (unpaired) electrons. The van der Waals surface area contributed by atoms with E-state index in [0.717, 1.165) is 41.7 Å². The van der Waals surface area contributed by atoms with Crippen molar-refractivity contribution in [3.8, 4) is 0 Å². The summed E-state index contributed by atoms with van der Waals surface area (Å²) in [4.78, 5) is 0. The van der Waals surface area contributed by atoms with Crippen molar-refractivity contribution in [1.82, 2.24) is 0 Å². The Morgan fingerprint density at radius 1 is 1.25 bits per heavy atom. The van der Waals surface area contributed by atoms with Crippen LogP contribution in [0.4, 0.5) is 0 Å². The standard InChI is InChI=1S/C23H35N/c1-4-15-13-16-14-18(24)8-9-19(16)20-11-12-23(6-3)17(5-2)7-10-21(23)22(15)20/h4,14-15,17,19-22,24H,1,5-13H2,2-3H3. The quantitative estimate of drug-likeness (QED) is 0.580. The average molecular weight is 326 g/mol. The molecule has 0 amide bonds. The fourth-order valence-electron chi connectivity index (χ4n) is 7.82. The highest BCUT2D eigenvalue weighted by atomic mass is 14.6. The Labute approximate surface area is 148 Å². The third-order valence-electron chi connectivity index (χ3n) is 8.78. The lowest BCUT2D eigenvalue weighted by atomic mass is 9.47. The van der Waals surface area contributed by atoms with Crippen molar-refractivity contribution in [2.45, 2.75) is 71.6 Å². The first-order valence-electron chi connectivity index (χ1n) is 10.5. The minimum Gasteiger partial charge on any atom is -0.305 e. The molecule has 1 N–H and O–H groups in total. The van der Waals surface area contributed by atoms with Crippen LogP contribution in [0, 0.1) is 46.3 Å². The molecule has 0 aromatic rings. The summed E-state index contributed by atoms with van der Waals surface area (Å²) in [5, 5.41) is 8.09. The first-order chi connectivity index (χ1) is 11.6. The first kappa shape index (κ1) is 16.6. The van der Waals surface area contributed by atoms with Gasteiger partial charge in [-0.25, -0.2) is 0 Å². The topological polar surface area (TPSA) is 23.9 Å². The summed E-state index contributed by atoms with van der Waals surface area (Å²) in [6.07, 6.45) is 16.6. The number of fused-ring (bicyclic) bond motifs is 5. The summed E-state index contributed by atoms with van der Waals surface area (Å²) in [6, 6.07) is 0. The average Bonchev–Trinajstić information content (AvgIpc) is 2.99. The highest BCUT2D eigenvalue weighted by molar-refractivity contribution is 5.93. The van der Waals surface area contributed by atoms with Crippen LogP contribution in [-0.2, 0) is 0 Å². The zero-order valence-corrected chi connectivity index (χ0v) is 15.7. The molecule has 4 rings (SSSR count). The highest BCUT2D eigenvalue weighted by Crippen LogP contribution is 2.66. The van der Waals surface area contributed by atoms with Gasteiger partial charge in [0.05, 0.1) is 0 Å². The van der Waals surface area contributed by atoms with Gasteiger partial charge in [-0.2, -0.15) is 0 Å². The van der Waals surface area contributed by atoms with Crippen molar-refractivity contribution in [3.63, 3.8) is 0 Å². The van der Waals surface area contributed by atoms with E-state index in [4.69, 9.17) is 5.41 Å². The minimum absolute atomic E-state index is 0.639. The van der Waals surface area contributed by atoms with Gasteiger partial charge < -0.3 is 5.41 Å². The fraction of sp³-hybridized carbons (Fsp3) is 0.783. The lowest BCUT2D eigenvalue weighted by Gasteiger charge is -2.57. The summed E-state index contributed by atoms with van der Waals surface area (Å²) in [6.45, 7) is 9.15. The number of hydrogen-bond donors (Lipinski definition) is 1. The maximum absolute atomic E-state index is 8.09. The Morgan fingerprint density at radius 3 is 2.79 bits per heavy atom. The molecule has 24 heavy (non-hydrogen) atoms. The predicted molar refractivity (Wildman–Crippen MR) is 102 cm³/mol. The van der Waals surface area contributed by atoms with E-state index in [9.17, 15) is 0 Å². The molecule has 0 heterocycles. The molecule has 0 spiro atoms. The number of rotatable bonds is 3. The van der Waals surface area contributed by atoms with Crippen LogP contribution >= 0.6 is 0 Å². The molecule has 0 aliphatic heterocycles. The lowest BCUT2D eigenvalue weighted by Crippen LogP contribution is -2.50. The van der Waals surface area contributed by atoms with Crippen molar-refractivity contribution in [1.29, 1.82) is 5.41 Å². The van der Waals surface area contributed by atoms with E-state index in [1.165, 1.54) is 51.4 Å². The molecule has 0 aromatic heterocycles. The summed E-state index contributed by atoms with van der Waals surface area (Å²) in [5.74, 6) is 5.11. The smallest absolute Gasteiger partial charge is 0.0313 e. The van der Waals surface area contributed by atoms with E-state index in [1.54, 1.807) is 5.57 Å². The first-order valence-corrected chi connectivity index (χ1v) is 10.5. The van der Waals surface area contributed by atoms with Crippen molar-refractivity contribution < 1.29 is 0 Å². The molecule has 1 heteroatoms. The lowest BCUT2D eigenvalue weighted by molar-refractivity contribution is -0.0515. The van der Waals surface area contributed by atoms with Crippen LogP contribution in [0.3, 0.4) is 0 Å². The second kappa shape index (κ2) is 6.15. The van der Waals surface area contributed by atoms with Crippen LogP contribution in [0.1, 0.15) is 71.6 Å². The highest BCUT2D eigenvalue weighted by Gasteiger charge is 2.58. The molecule has 4 aliphatic carbocycles. The van der Waals surface area contributed by atoms with Crippen LogP contribution in [0.25, 0.3) is 0 Å². The predicted octanol–water partition coefficient (Wildman–Crippen LogP) is 6.41. The van der Waals surface area contributed by atoms with Gasteiger partial charge in [0, 0.05) is 5.71 Å². The number of hydrogen-bond acceptors (Lipinski definition) is 1. The maximum atomic E-state index is 8.09. The SMILES string of the molecule is C=CC1CC2=CC(=N)CCC2C2CCC3(CC)C(CC)CCC3C12.